The molecule has 1 aliphatic carbocycles. The maximum absolute atomic E-state index is 11.7. The number of nitrogens with one attached hydrogen (secondary N) is 2. The summed E-state index contributed by atoms with van der Waals surface area (Å²) in [6.45, 7) is 5.80. The zero-order valence-electron chi connectivity index (χ0n) is 9.75. The molecule has 15 heavy (non-hydrogen) atoms. The van der Waals surface area contributed by atoms with Gasteiger partial charge in [-0.15, -0.1) is 0 Å². The van der Waals surface area contributed by atoms with E-state index in [2.05, 4.69) is 36.6 Å². The lowest BCUT2D eigenvalue weighted by Crippen LogP contribution is -2.37. The Labute approximate surface area is 92.3 Å². The Balaban J connectivity index is 2.10. The van der Waals surface area contributed by atoms with Gasteiger partial charge >= 0.3 is 0 Å². The number of carbonyl (C=O) groups excluding carboxylic acids is 1. The Bertz CT molecular complexity index is 224. The van der Waals surface area contributed by atoms with E-state index in [1.807, 2.05) is 0 Å². The number of hydrogen-bond donors (Lipinski definition) is 2. The summed E-state index contributed by atoms with van der Waals surface area (Å²) < 4.78 is 0. The highest BCUT2D eigenvalue weighted by atomic mass is 16.1. The molecular weight excluding hydrogens is 188 g/mol. The minimum Gasteiger partial charge on any atom is -0.355 e. The maximum Gasteiger partial charge on any atom is 0.223 e. The Kier molecular flexibility index (Phi) is 5.40. The van der Waals surface area contributed by atoms with Gasteiger partial charge in [0.2, 0.25) is 5.91 Å². The predicted molar refractivity (Wildman–Crippen MR) is 62.6 cm³/mol. The molecule has 3 heteroatoms. The van der Waals surface area contributed by atoms with E-state index >= 15 is 0 Å². The molecule has 3 nitrogen and oxygen atoms in total. The van der Waals surface area contributed by atoms with Crippen LogP contribution in [0.15, 0.2) is 12.2 Å². The summed E-state index contributed by atoms with van der Waals surface area (Å²) in [6, 6.07) is 0.486. The quantitative estimate of drug-likeness (QED) is 0.533. The lowest BCUT2D eigenvalue weighted by atomic mass is 9.94. The van der Waals surface area contributed by atoms with Gasteiger partial charge in [-0.3, -0.25) is 4.79 Å². The van der Waals surface area contributed by atoms with Crippen LogP contribution < -0.4 is 10.6 Å². The average Bonchev–Trinajstić information content (AvgIpc) is 2.25. The first kappa shape index (κ1) is 12.2. The molecule has 86 valence electrons. The van der Waals surface area contributed by atoms with Crippen LogP contribution in [0.4, 0.5) is 0 Å². The number of allylic oxidation sites excluding steroid dienone is 2. The van der Waals surface area contributed by atoms with Crippen molar-refractivity contribution in [2.45, 2.75) is 39.2 Å². The topological polar surface area (TPSA) is 41.1 Å². The predicted octanol–water partition coefficient (Wildman–Crippen LogP) is 1.46. The van der Waals surface area contributed by atoms with Crippen molar-refractivity contribution in [1.82, 2.24) is 10.6 Å². The van der Waals surface area contributed by atoms with Gasteiger partial charge in [0.05, 0.1) is 0 Å². The Morgan fingerprint density at radius 2 is 2.20 bits per heavy atom. The van der Waals surface area contributed by atoms with Gasteiger partial charge < -0.3 is 10.6 Å². The standard InChI is InChI=1S/C12H22N2O/c1-10(2)13-8-9-14-12(15)11-6-4-3-5-7-11/h3-4,10-11,13H,5-9H2,1-2H3,(H,14,15). The first-order chi connectivity index (χ1) is 7.20. The molecule has 1 rings (SSSR count). The van der Waals surface area contributed by atoms with Crippen LogP contribution >= 0.6 is 0 Å². The number of amides is 1. The summed E-state index contributed by atoms with van der Waals surface area (Å²) in [4.78, 5) is 11.7. The van der Waals surface area contributed by atoms with Gasteiger partial charge in [0.1, 0.15) is 0 Å². The molecule has 0 aliphatic heterocycles. The number of carbonyl (C=O) groups is 1. The molecule has 2 N–H and O–H groups in total. The van der Waals surface area contributed by atoms with Crippen LogP contribution in [0.25, 0.3) is 0 Å². The van der Waals surface area contributed by atoms with Crippen molar-refractivity contribution in [3.63, 3.8) is 0 Å². The van der Waals surface area contributed by atoms with Crippen molar-refractivity contribution in [3.8, 4) is 0 Å². The van der Waals surface area contributed by atoms with Crippen LogP contribution in [0.3, 0.4) is 0 Å². The summed E-state index contributed by atoms with van der Waals surface area (Å²) >= 11 is 0. The summed E-state index contributed by atoms with van der Waals surface area (Å²) in [5, 5.41) is 6.25. The van der Waals surface area contributed by atoms with E-state index in [1.165, 1.54) is 0 Å². The van der Waals surface area contributed by atoms with Crippen LogP contribution in [0, 0.1) is 5.92 Å². The van der Waals surface area contributed by atoms with Gasteiger partial charge in [-0.05, 0) is 19.3 Å². The molecular formula is C12H22N2O. The largest absolute Gasteiger partial charge is 0.355 e. The van der Waals surface area contributed by atoms with Crippen molar-refractivity contribution < 1.29 is 4.79 Å². The van der Waals surface area contributed by atoms with Crippen LogP contribution in [0.1, 0.15) is 33.1 Å². The zero-order chi connectivity index (χ0) is 11.1. The van der Waals surface area contributed by atoms with Gasteiger partial charge in [-0.1, -0.05) is 26.0 Å². The molecule has 0 fully saturated rings. The van der Waals surface area contributed by atoms with E-state index in [1.54, 1.807) is 0 Å². The third-order valence-electron chi connectivity index (χ3n) is 2.62. The SMILES string of the molecule is CC(C)NCCNC(=O)C1CC=CCC1. The first-order valence-electron chi connectivity index (χ1n) is 5.86. The minimum atomic E-state index is 0.203. The molecule has 0 saturated heterocycles. The molecule has 0 aromatic carbocycles. The van der Waals surface area contributed by atoms with E-state index in [9.17, 15) is 4.79 Å². The van der Waals surface area contributed by atoms with Crippen molar-refractivity contribution in [2.24, 2.45) is 5.92 Å². The van der Waals surface area contributed by atoms with Crippen molar-refractivity contribution in [2.75, 3.05) is 13.1 Å². The van der Waals surface area contributed by atoms with E-state index in [0.717, 1.165) is 32.4 Å². The highest BCUT2D eigenvalue weighted by Crippen LogP contribution is 2.17. The van der Waals surface area contributed by atoms with Gasteiger partial charge in [-0.2, -0.15) is 0 Å². The number of rotatable bonds is 5. The third kappa shape index (κ3) is 4.98. The van der Waals surface area contributed by atoms with Crippen LogP contribution in [0.2, 0.25) is 0 Å². The Morgan fingerprint density at radius 1 is 1.40 bits per heavy atom. The van der Waals surface area contributed by atoms with Gasteiger partial charge in [-0.25, -0.2) is 0 Å². The average molecular weight is 210 g/mol. The van der Waals surface area contributed by atoms with E-state index in [0.29, 0.717) is 6.04 Å². The molecule has 0 saturated carbocycles. The fourth-order valence-electron chi connectivity index (χ4n) is 1.72. The molecule has 0 bridgehead atoms. The van der Waals surface area contributed by atoms with Crippen LogP contribution in [-0.2, 0) is 4.79 Å². The summed E-state index contributed by atoms with van der Waals surface area (Å²) in [6.07, 6.45) is 7.22. The summed E-state index contributed by atoms with van der Waals surface area (Å²) in [5.41, 5.74) is 0. The molecule has 1 atom stereocenters. The molecule has 1 amide bonds. The lowest BCUT2D eigenvalue weighted by molar-refractivity contribution is -0.125. The Hall–Kier alpha value is -0.830. The molecule has 0 spiro atoms. The van der Waals surface area contributed by atoms with Gasteiger partial charge in [0, 0.05) is 25.0 Å². The van der Waals surface area contributed by atoms with Gasteiger partial charge in [0.25, 0.3) is 0 Å². The van der Waals surface area contributed by atoms with E-state index in [-0.39, 0.29) is 11.8 Å². The molecule has 1 unspecified atom stereocenters. The highest BCUT2D eigenvalue weighted by Gasteiger charge is 2.17. The normalized spacial score (nSPS) is 20.6. The third-order valence-corrected chi connectivity index (χ3v) is 2.62. The van der Waals surface area contributed by atoms with E-state index < -0.39 is 0 Å². The first-order valence-corrected chi connectivity index (χ1v) is 5.86. The lowest BCUT2D eigenvalue weighted by Gasteiger charge is -2.17. The highest BCUT2D eigenvalue weighted by molar-refractivity contribution is 5.78. The second-order valence-corrected chi connectivity index (χ2v) is 4.38. The Morgan fingerprint density at radius 3 is 2.80 bits per heavy atom. The molecule has 0 aromatic heterocycles. The summed E-state index contributed by atoms with van der Waals surface area (Å²) in [7, 11) is 0. The van der Waals surface area contributed by atoms with Crippen molar-refractivity contribution >= 4 is 5.91 Å². The van der Waals surface area contributed by atoms with E-state index in [4.69, 9.17) is 0 Å². The molecule has 1 aliphatic rings. The second kappa shape index (κ2) is 6.62. The second-order valence-electron chi connectivity index (χ2n) is 4.38. The van der Waals surface area contributed by atoms with Crippen molar-refractivity contribution in [1.29, 1.82) is 0 Å². The number of hydrogen-bond acceptors (Lipinski definition) is 2. The molecule has 0 aromatic rings. The fourth-order valence-corrected chi connectivity index (χ4v) is 1.72. The monoisotopic (exact) mass is 210 g/mol. The van der Waals surface area contributed by atoms with Crippen LogP contribution in [-0.4, -0.2) is 25.0 Å². The molecule has 0 heterocycles. The maximum atomic E-state index is 11.7. The van der Waals surface area contributed by atoms with Crippen molar-refractivity contribution in [3.05, 3.63) is 12.2 Å². The summed E-state index contributed by atoms with van der Waals surface area (Å²) in [5.74, 6) is 0.416. The zero-order valence-corrected chi connectivity index (χ0v) is 9.75. The molecule has 0 radical (unpaired) electrons. The van der Waals surface area contributed by atoms with Gasteiger partial charge in [0.15, 0.2) is 0 Å². The van der Waals surface area contributed by atoms with Crippen LogP contribution in [0.5, 0.6) is 0 Å². The fraction of sp³-hybridized carbons (Fsp3) is 0.750. The minimum absolute atomic E-state index is 0.203. The smallest absolute Gasteiger partial charge is 0.223 e.